The number of benzene rings is 2. The standard InChI is InChI=1S/C20H14/c1(3-7-13-19-15-9-5-10-16-19)2-4-8-14-20-17-11-6-12-18-20/h1-2,5-6,9-18H/q+2/b2-1-. The maximum Gasteiger partial charge on any atom is 0.104 e. The second-order valence-corrected chi connectivity index (χ2v) is 4.02. The lowest BCUT2D eigenvalue weighted by molar-refractivity contribution is 1.55. The predicted molar refractivity (Wildman–Crippen MR) is 84.4 cm³/mol. The minimum atomic E-state index is 1.11. The van der Waals surface area contributed by atoms with Gasteiger partial charge in [0.05, 0.1) is 25.0 Å². The molecule has 0 bridgehead atoms. The molecule has 0 saturated carbocycles. The zero-order chi connectivity index (χ0) is 13.9. The molecule has 0 saturated heterocycles. The van der Waals surface area contributed by atoms with E-state index in [0.717, 1.165) is 11.1 Å². The highest BCUT2D eigenvalue weighted by Crippen LogP contribution is 2.00. The molecule has 0 nitrogen and oxygen atoms in total. The quantitative estimate of drug-likeness (QED) is 0.560. The van der Waals surface area contributed by atoms with Crippen LogP contribution in [0.25, 0.3) is 0 Å². The predicted octanol–water partition coefficient (Wildman–Crippen LogP) is 4.05. The Morgan fingerprint density at radius 3 is 1.40 bits per heavy atom. The van der Waals surface area contributed by atoms with Gasteiger partial charge in [0.1, 0.15) is 11.1 Å². The van der Waals surface area contributed by atoms with Gasteiger partial charge in [-0.2, -0.15) is 0 Å². The summed E-state index contributed by atoms with van der Waals surface area (Å²) < 4.78 is 0. The lowest BCUT2D eigenvalue weighted by Gasteiger charge is -1.81. The zero-order valence-electron chi connectivity index (χ0n) is 11.1. The van der Waals surface area contributed by atoms with Gasteiger partial charge in [0.15, 0.2) is 0 Å². The highest BCUT2D eigenvalue weighted by Gasteiger charge is 1.93. The largest absolute Gasteiger partial charge is 0.104 e. The van der Waals surface area contributed by atoms with Crippen LogP contribution >= 0.6 is 0 Å². The van der Waals surface area contributed by atoms with E-state index < -0.39 is 0 Å². The fourth-order valence-electron chi connectivity index (χ4n) is 1.53. The Balaban J connectivity index is 1.75. The van der Waals surface area contributed by atoms with Gasteiger partial charge in [-0.25, -0.2) is 0 Å². The summed E-state index contributed by atoms with van der Waals surface area (Å²) >= 11 is 0. The van der Waals surface area contributed by atoms with E-state index in [4.69, 9.17) is 0 Å². The molecule has 0 aliphatic rings. The van der Waals surface area contributed by atoms with E-state index in [1.165, 1.54) is 0 Å². The van der Waals surface area contributed by atoms with Crippen LogP contribution in [0.2, 0.25) is 0 Å². The summed E-state index contributed by atoms with van der Waals surface area (Å²) in [5.74, 6) is 11.8. The maximum absolute atomic E-state index is 2.97. The first-order valence-corrected chi connectivity index (χ1v) is 6.39. The van der Waals surface area contributed by atoms with Gasteiger partial charge >= 0.3 is 0 Å². The first kappa shape index (κ1) is 13.5. The number of hydrogen-bond donors (Lipinski definition) is 0. The van der Waals surface area contributed by atoms with Gasteiger partial charge in [0, 0.05) is 47.9 Å². The van der Waals surface area contributed by atoms with Crippen molar-refractivity contribution < 1.29 is 0 Å². The van der Waals surface area contributed by atoms with E-state index in [9.17, 15) is 0 Å². The summed E-state index contributed by atoms with van der Waals surface area (Å²) in [5, 5.41) is 0. The van der Waals surface area contributed by atoms with Gasteiger partial charge in [-0.15, -0.1) is 0 Å². The SMILES string of the molecule is C(#C[CH+]c1ccccc1)/C=C\C#C[CH+]c1ccccc1. The zero-order valence-corrected chi connectivity index (χ0v) is 11.1. The summed E-state index contributed by atoms with van der Waals surface area (Å²) in [6, 6.07) is 20.0. The van der Waals surface area contributed by atoms with Crippen molar-refractivity contribution >= 4 is 0 Å². The van der Waals surface area contributed by atoms with Crippen LogP contribution in [-0.4, -0.2) is 0 Å². The molecule has 2 aromatic rings. The highest BCUT2D eigenvalue weighted by atomic mass is 13.9. The Morgan fingerprint density at radius 2 is 1.00 bits per heavy atom. The molecule has 0 spiro atoms. The van der Waals surface area contributed by atoms with E-state index in [-0.39, 0.29) is 0 Å². The molecule has 0 N–H and O–H groups in total. The van der Waals surface area contributed by atoms with Gasteiger partial charge in [-0.05, 0) is 36.4 Å². The van der Waals surface area contributed by atoms with Gasteiger partial charge in [0.25, 0.3) is 0 Å². The Kier molecular flexibility index (Phi) is 5.52. The Morgan fingerprint density at radius 1 is 0.600 bits per heavy atom. The van der Waals surface area contributed by atoms with Gasteiger partial charge < -0.3 is 0 Å². The summed E-state index contributed by atoms with van der Waals surface area (Å²) in [6.07, 6.45) is 7.28. The van der Waals surface area contributed by atoms with E-state index in [1.807, 2.05) is 73.5 Å². The molecule has 0 aliphatic heterocycles. The van der Waals surface area contributed by atoms with Crippen LogP contribution in [0.1, 0.15) is 11.1 Å². The first-order chi connectivity index (χ1) is 9.95. The summed E-state index contributed by atoms with van der Waals surface area (Å²) in [7, 11) is 0. The molecule has 0 atom stereocenters. The van der Waals surface area contributed by atoms with E-state index in [1.54, 1.807) is 12.2 Å². The average Bonchev–Trinajstić information content (AvgIpc) is 2.52. The van der Waals surface area contributed by atoms with Crippen LogP contribution in [0.3, 0.4) is 0 Å². The van der Waals surface area contributed by atoms with Crippen LogP contribution in [0.4, 0.5) is 0 Å². The van der Waals surface area contributed by atoms with Crippen molar-refractivity contribution in [2.24, 2.45) is 0 Å². The minimum Gasteiger partial charge on any atom is -0.0425 e. The molecule has 0 radical (unpaired) electrons. The third kappa shape index (κ3) is 5.13. The van der Waals surface area contributed by atoms with Crippen molar-refractivity contribution in [1.29, 1.82) is 0 Å². The third-order valence-corrected chi connectivity index (χ3v) is 2.49. The van der Waals surface area contributed by atoms with Gasteiger partial charge in [0.2, 0.25) is 0 Å². The second kappa shape index (κ2) is 8.20. The molecule has 2 rings (SSSR count). The van der Waals surface area contributed by atoms with Gasteiger partial charge in [-0.1, -0.05) is 0 Å². The van der Waals surface area contributed by atoms with Gasteiger partial charge in [-0.3, -0.25) is 0 Å². The number of rotatable bonds is 2. The fourth-order valence-corrected chi connectivity index (χ4v) is 1.53. The van der Waals surface area contributed by atoms with Crippen LogP contribution < -0.4 is 0 Å². The first-order valence-electron chi connectivity index (χ1n) is 6.39. The Bertz CT molecular complexity index is 594. The van der Waals surface area contributed by atoms with Crippen molar-refractivity contribution in [1.82, 2.24) is 0 Å². The minimum absolute atomic E-state index is 1.11. The van der Waals surface area contributed by atoms with Crippen molar-refractivity contribution in [2.75, 3.05) is 0 Å². The Hall–Kier alpha value is -2.96. The monoisotopic (exact) mass is 254 g/mol. The third-order valence-electron chi connectivity index (χ3n) is 2.49. The van der Waals surface area contributed by atoms with Crippen LogP contribution in [0.5, 0.6) is 0 Å². The van der Waals surface area contributed by atoms with E-state index in [0.29, 0.717) is 0 Å². The van der Waals surface area contributed by atoms with Crippen molar-refractivity contribution in [3.8, 4) is 23.7 Å². The molecule has 0 aliphatic carbocycles. The molecule has 0 fully saturated rings. The molecule has 20 heavy (non-hydrogen) atoms. The molecular weight excluding hydrogens is 240 g/mol. The second-order valence-electron chi connectivity index (χ2n) is 4.02. The van der Waals surface area contributed by atoms with E-state index in [2.05, 4.69) is 23.7 Å². The smallest absolute Gasteiger partial charge is 0.0425 e. The summed E-state index contributed by atoms with van der Waals surface area (Å²) in [5.41, 5.74) is 2.22. The Labute approximate surface area is 121 Å². The molecule has 92 valence electrons. The normalized spacial score (nSPS) is 9.00. The lowest BCUT2D eigenvalue weighted by Crippen LogP contribution is -1.75. The van der Waals surface area contributed by atoms with Crippen LogP contribution in [0, 0.1) is 36.5 Å². The topological polar surface area (TPSA) is 0 Å². The number of hydrogen-bond acceptors (Lipinski definition) is 0. The molecular formula is C20H14+2. The molecule has 0 amide bonds. The molecule has 0 aromatic heterocycles. The number of allylic oxidation sites excluding steroid dienone is 2. The summed E-state index contributed by atoms with van der Waals surface area (Å²) in [6.45, 7) is 0. The maximum atomic E-state index is 2.97. The summed E-state index contributed by atoms with van der Waals surface area (Å²) in [4.78, 5) is 0. The molecule has 2 aromatic carbocycles. The average molecular weight is 254 g/mol. The van der Waals surface area contributed by atoms with Crippen molar-refractivity contribution in [3.63, 3.8) is 0 Å². The van der Waals surface area contributed by atoms with Crippen molar-refractivity contribution in [2.45, 2.75) is 0 Å². The molecule has 0 heteroatoms. The fraction of sp³-hybridized carbons (Fsp3) is 0. The molecule has 0 unspecified atom stereocenters. The van der Waals surface area contributed by atoms with Crippen LogP contribution in [-0.2, 0) is 0 Å². The molecule has 0 heterocycles. The van der Waals surface area contributed by atoms with Crippen molar-refractivity contribution in [3.05, 3.63) is 96.8 Å². The van der Waals surface area contributed by atoms with Crippen LogP contribution in [0.15, 0.2) is 72.8 Å². The van der Waals surface area contributed by atoms with E-state index >= 15 is 0 Å². The lowest BCUT2D eigenvalue weighted by atomic mass is 10.1. The highest BCUT2D eigenvalue weighted by molar-refractivity contribution is 5.38.